The van der Waals surface area contributed by atoms with Crippen LogP contribution in [0.4, 0.5) is 0 Å². The smallest absolute Gasteiger partial charge is 0.243 e. The van der Waals surface area contributed by atoms with Gasteiger partial charge in [-0.05, 0) is 49.6 Å². The van der Waals surface area contributed by atoms with Gasteiger partial charge in [-0.15, -0.1) is 0 Å². The quantitative estimate of drug-likeness (QED) is 0.586. The highest BCUT2D eigenvalue weighted by Crippen LogP contribution is 2.28. The average molecular weight is 440 g/mol. The first kappa shape index (κ1) is 21.7. The van der Waals surface area contributed by atoms with Crippen LogP contribution in [0.5, 0.6) is 0 Å². The number of hydrogen-bond donors (Lipinski definition) is 0. The number of nitrogens with zero attached hydrogens (tertiary/aromatic N) is 3. The molecule has 0 bridgehead atoms. The first-order chi connectivity index (χ1) is 14.8. The molecule has 0 N–H and O–H groups in total. The second-order valence-corrected chi connectivity index (χ2v) is 10.2. The third kappa shape index (κ3) is 4.44. The molecule has 2 aromatic carbocycles. The summed E-state index contributed by atoms with van der Waals surface area (Å²) in [4.78, 5) is 0.347. The summed E-state index contributed by atoms with van der Waals surface area (Å²) in [6.07, 6.45) is 0.640. The summed E-state index contributed by atoms with van der Waals surface area (Å²) < 4.78 is 35.9. The molecular formula is C24H29N3O3S. The topological polar surface area (TPSA) is 64.4 Å². The molecule has 3 aromatic rings. The van der Waals surface area contributed by atoms with E-state index < -0.39 is 10.0 Å². The summed E-state index contributed by atoms with van der Waals surface area (Å²) in [5, 5.41) is 4.62. The lowest BCUT2D eigenvalue weighted by molar-refractivity contribution is 0.103. The molecule has 0 saturated heterocycles. The van der Waals surface area contributed by atoms with E-state index >= 15 is 0 Å². The predicted molar refractivity (Wildman–Crippen MR) is 120 cm³/mol. The van der Waals surface area contributed by atoms with Crippen LogP contribution < -0.4 is 0 Å². The van der Waals surface area contributed by atoms with E-state index in [4.69, 9.17) is 4.74 Å². The van der Waals surface area contributed by atoms with Crippen LogP contribution >= 0.6 is 0 Å². The molecule has 0 atom stereocenters. The fourth-order valence-electron chi connectivity index (χ4n) is 3.94. The summed E-state index contributed by atoms with van der Waals surface area (Å²) >= 11 is 0. The summed E-state index contributed by atoms with van der Waals surface area (Å²) in [6.45, 7) is 7.60. The molecule has 0 fully saturated rings. The van der Waals surface area contributed by atoms with E-state index in [2.05, 4.69) is 36.3 Å². The molecule has 6 nitrogen and oxygen atoms in total. The minimum Gasteiger partial charge on any atom is -0.370 e. The van der Waals surface area contributed by atoms with Crippen molar-refractivity contribution in [2.45, 2.75) is 51.8 Å². The molecule has 1 aliphatic rings. The molecule has 2 heterocycles. The molecule has 1 aromatic heterocycles. The number of sulfonamides is 1. The number of benzene rings is 2. The zero-order valence-corrected chi connectivity index (χ0v) is 19.4. The molecule has 0 radical (unpaired) electrons. The van der Waals surface area contributed by atoms with Gasteiger partial charge in [0.05, 0.1) is 23.8 Å². The lowest BCUT2D eigenvalue weighted by Crippen LogP contribution is -2.36. The van der Waals surface area contributed by atoms with E-state index in [9.17, 15) is 8.42 Å². The minimum atomic E-state index is -3.56. The Balaban J connectivity index is 1.51. The largest absolute Gasteiger partial charge is 0.370 e. The zero-order chi connectivity index (χ0) is 22.2. The number of ether oxygens (including phenoxy) is 1. The molecule has 0 saturated carbocycles. The monoisotopic (exact) mass is 439 g/mol. The molecule has 0 spiro atoms. The standard InChI is InChI=1S/C24H29N3O3S/c1-17-5-8-20(9-6-17)15-30-16-23-22-14-27(12-11-24(22)26(4)25-23)31(28,29)21-10-7-18(2)19(3)13-21/h5-10,13H,11-12,14-16H2,1-4H3. The maximum atomic E-state index is 13.3. The van der Waals surface area contributed by atoms with Gasteiger partial charge in [0.15, 0.2) is 0 Å². The summed E-state index contributed by atoms with van der Waals surface area (Å²) in [5.74, 6) is 0. The molecule has 0 amide bonds. The first-order valence-electron chi connectivity index (χ1n) is 10.5. The number of fused-ring (bicyclic) bond motifs is 1. The zero-order valence-electron chi connectivity index (χ0n) is 18.6. The molecule has 164 valence electrons. The van der Waals surface area contributed by atoms with Gasteiger partial charge < -0.3 is 4.74 Å². The van der Waals surface area contributed by atoms with E-state index in [0.717, 1.165) is 33.6 Å². The van der Waals surface area contributed by atoms with Crippen molar-refractivity contribution in [1.29, 1.82) is 0 Å². The molecule has 31 heavy (non-hydrogen) atoms. The van der Waals surface area contributed by atoms with Crippen LogP contribution in [0.1, 0.15) is 39.2 Å². The number of aromatic nitrogens is 2. The third-order valence-electron chi connectivity index (χ3n) is 6.03. The van der Waals surface area contributed by atoms with E-state index in [1.54, 1.807) is 16.4 Å². The SMILES string of the molecule is Cc1ccc(COCc2nn(C)c3c2CN(S(=O)(=O)c2ccc(C)c(C)c2)CC3)cc1. The Hall–Kier alpha value is -2.48. The Kier molecular flexibility index (Phi) is 6.01. The summed E-state index contributed by atoms with van der Waals surface area (Å²) in [5.41, 5.74) is 7.24. The van der Waals surface area contributed by atoms with Crippen LogP contribution in [0.3, 0.4) is 0 Å². The van der Waals surface area contributed by atoms with Gasteiger partial charge in [0.25, 0.3) is 0 Å². The Morgan fingerprint density at radius 2 is 1.74 bits per heavy atom. The van der Waals surface area contributed by atoms with Gasteiger partial charge >= 0.3 is 0 Å². The molecule has 4 rings (SSSR count). The second-order valence-electron chi connectivity index (χ2n) is 8.31. The van der Waals surface area contributed by atoms with Gasteiger partial charge in [-0.3, -0.25) is 4.68 Å². The van der Waals surface area contributed by atoms with Crippen LogP contribution in [0.2, 0.25) is 0 Å². The van der Waals surface area contributed by atoms with Gasteiger partial charge in [0.2, 0.25) is 10.0 Å². The van der Waals surface area contributed by atoms with Crippen molar-refractivity contribution < 1.29 is 13.2 Å². The predicted octanol–water partition coefficient (Wildman–Crippen LogP) is 3.81. The Morgan fingerprint density at radius 3 is 2.45 bits per heavy atom. The van der Waals surface area contributed by atoms with Gasteiger partial charge in [0.1, 0.15) is 0 Å². The number of rotatable bonds is 6. The summed E-state index contributed by atoms with van der Waals surface area (Å²) in [7, 11) is -1.65. The Bertz CT molecular complexity index is 1200. The lowest BCUT2D eigenvalue weighted by atomic mass is 10.1. The molecule has 0 unspecified atom stereocenters. The van der Waals surface area contributed by atoms with Crippen molar-refractivity contribution in [3.05, 3.63) is 81.7 Å². The normalized spacial score (nSPS) is 14.6. The van der Waals surface area contributed by atoms with Crippen molar-refractivity contribution in [2.75, 3.05) is 6.54 Å². The van der Waals surface area contributed by atoms with E-state index in [1.807, 2.05) is 31.6 Å². The van der Waals surface area contributed by atoms with Gasteiger partial charge in [-0.2, -0.15) is 9.40 Å². The van der Waals surface area contributed by atoms with Gasteiger partial charge in [-0.1, -0.05) is 35.9 Å². The van der Waals surface area contributed by atoms with Crippen LogP contribution in [0, 0.1) is 20.8 Å². The Morgan fingerprint density at radius 1 is 1.00 bits per heavy atom. The highest BCUT2D eigenvalue weighted by atomic mass is 32.2. The van der Waals surface area contributed by atoms with Gasteiger partial charge in [-0.25, -0.2) is 8.42 Å². The van der Waals surface area contributed by atoms with E-state index in [-0.39, 0.29) is 0 Å². The molecular weight excluding hydrogens is 410 g/mol. The third-order valence-corrected chi connectivity index (χ3v) is 7.88. The fraction of sp³-hybridized carbons (Fsp3) is 0.375. The molecule has 0 aliphatic carbocycles. The highest BCUT2D eigenvalue weighted by molar-refractivity contribution is 7.89. The van der Waals surface area contributed by atoms with Crippen molar-refractivity contribution >= 4 is 10.0 Å². The lowest BCUT2D eigenvalue weighted by Gasteiger charge is -2.27. The number of hydrogen-bond acceptors (Lipinski definition) is 4. The maximum Gasteiger partial charge on any atom is 0.243 e. The van der Waals surface area contributed by atoms with Crippen LogP contribution in [0.25, 0.3) is 0 Å². The van der Waals surface area contributed by atoms with Crippen molar-refractivity contribution in [3.8, 4) is 0 Å². The van der Waals surface area contributed by atoms with E-state index in [0.29, 0.717) is 37.6 Å². The molecule has 7 heteroatoms. The number of aryl methyl sites for hydroxylation is 4. The van der Waals surface area contributed by atoms with Gasteiger partial charge in [0, 0.05) is 37.8 Å². The minimum absolute atomic E-state index is 0.321. The Labute approximate surface area is 184 Å². The average Bonchev–Trinajstić information content (AvgIpc) is 3.06. The van der Waals surface area contributed by atoms with Crippen LogP contribution in [0.15, 0.2) is 47.4 Å². The van der Waals surface area contributed by atoms with Crippen molar-refractivity contribution in [1.82, 2.24) is 14.1 Å². The highest BCUT2D eigenvalue weighted by Gasteiger charge is 2.32. The molecule has 1 aliphatic heterocycles. The maximum absolute atomic E-state index is 13.3. The second kappa shape index (κ2) is 8.57. The van der Waals surface area contributed by atoms with Crippen LogP contribution in [-0.4, -0.2) is 29.0 Å². The summed E-state index contributed by atoms with van der Waals surface area (Å²) in [6, 6.07) is 13.6. The van der Waals surface area contributed by atoms with Crippen molar-refractivity contribution in [3.63, 3.8) is 0 Å². The van der Waals surface area contributed by atoms with Crippen molar-refractivity contribution in [2.24, 2.45) is 7.05 Å². The van der Waals surface area contributed by atoms with E-state index in [1.165, 1.54) is 5.56 Å². The first-order valence-corrected chi connectivity index (χ1v) is 11.9. The van der Waals surface area contributed by atoms with Crippen LogP contribution in [-0.2, 0) is 48.0 Å². The fourth-order valence-corrected chi connectivity index (χ4v) is 5.43.